The molecule has 0 aliphatic heterocycles. The van der Waals surface area contributed by atoms with Crippen molar-refractivity contribution in [2.24, 2.45) is 5.10 Å². The quantitative estimate of drug-likeness (QED) is 0.631. The number of furan rings is 1. The van der Waals surface area contributed by atoms with Gasteiger partial charge in [0.2, 0.25) is 0 Å². The van der Waals surface area contributed by atoms with Crippen LogP contribution in [0.2, 0.25) is 0 Å². The number of carbonyl (C=O) groups excluding carboxylic acids is 2. The molecule has 2 N–H and O–H groups in total. The second kappa shape index (κ2) is 6.99. The van der Waals surface area contributed by atoms with Gasteiger partial charge in [-0.25, -0.2) is 5.43 Å². The van der Waals surface area contributed by atoms with E-state index in [-0.39, 0.29) is 12.5 Å². The Morgan fingerprint density at radius 2 is 2.19 bits per heavy atom. The van der Waals surface area contributed by atoms with Gasteiger partial charge in [-0.2, -0.15) is 5.10 Å². The Bertz CT molecular complexity index is 636. The van der Waals surface area contributed by atoms with Crippen molar-refractivity contribution in [3.8, 4) is 0 Å². The first kappa shape index (κ1) is 14.4. The van der Waals surface area contributed by atoms with E-state index in [9.17, 15) is 9.59 Å². The molecule has 0 aliphatic carbocycles. The first-order valence-corrected chi connectivity index (χ1v) is 6.22. The molecule has 2 rings (SSSR count). The molecule has 0 saturated heterocycles. The van der Waals surface area contributed by atoms with E-state index >= 15 is 0 Å². The fourth-order valence-corrected chi connectivity index (χ4v) is 1.48. The lowest BCUT2D eigenvalue weighted by atomic mass is 10.3. The third kappa shape index (κ3) is 4.27. The maximum atomic E-state index is 11.7. The highest BCUT2D eigenvalue weighted by Gasteiger charge is 2.07. The average Bonchev–Trinajstić information content (AvgIpc) is 3.05. The summed E-state index contributed by atoms with van der Waals surface area (Å²) < 4.78 is 5.12. The summed E-state index contributed by atoms with van der Waals surface area (Å²) in [4.78, 5) is 27.1. The van der Waals surface area contributed by atoms with E-state index in [4.69, 9.17) is 4.42 Å². The second-order valence-corrected chi connectivity index (χ2v) is 4.13. The van der Waals surface area contributed by atoms with Gasteiger partial charge in [-0.05, 0) is 31.2 Å². The zero-order valence-corrected chi connectivity index (χ0v) is 11.4. The number of nitrogens with zero attached hydrogens (tertiary/aromatic N) is 2. The summed E-state index contributed by atoms with van der Waals surface area (Å²) in [7, 11) is 0. The molecule has 0 bridgehead atoms. The first-order chi connectivity index (χ1) is 10.2. The second-order valence-electron chi connectivity index (χ2n) is 4.13. The predicted octanol–water partition coefficient (Wildman–Crippen LogP) is 0.945. The summed E-state index contributed by atoms with van der Waals surface area (Å²) in [5, 5.41) is 6.35. The molecule has 0 radical (unpaired) electrons. The number of hydrogen-bond donors (Lipinski definition) is 2. The van der Waals surface area contributed by atoms with Crippen LogP contribution < -0.4 is 10.7 Å². The smallest absolute Gasteiger partial charge is 0.259 e. The molecule has 0 fully saturated rings. The number of pyridine rings is 1. The van der Waals surface area contributed by atoms with Gasteiger partial charge in [0.1, 0.15) is 11.5 Å². The van der Waals surface area contributed by atoms with Gasteiger partial charge in [0.25, 0.3) is 11.8 Å². The Kier molecular flexibility index (Phi) is 4.81. The third-order valence-electron chi connectivity index (χ3n) is 2.56. The van der Waals surface area contributed by atoms with Crippen molar-refractivity contribution in [3.63, 3.8) is 0 Å². The number of hydrazone groups is 1. The Hall–Kier alpha value is -2.96. The monoisotopic (exact) mass is 286 g/mol. The fraction of sp³-hybridized carbons (Fsp3) is 0.143. The van der Waals surface area contributed by atoms with Crippen molar-refractivity contribution < 1.29 is 14.0 Å². The number of hydrogen-bond acceptors (Lipinski definition) is 5. The van der Waals surface area contributed by atoms with E-state index in [1.807, 2.05) is 0 Å². The molecule has 108 valence electrons. The van der Waals surface area contributed by atoms with Gasteiger partial charge >= 0.3 is 0 Å². The standard InChI is InChI=1S/C14H14N4O3/c1-10(12-5-3-7-21-12)17-18-13(19)9-16-14(20)11-4-2-6-15-8-11/h2-8H,9H2,1H3,(H,16,20)(H,18,19). The number of rotatable bonds is 5. The van der Waals surface area contributed by atoms with E-state index in [1.54, 1.807) is 37.4 Å². The topological polar surface area (TPSA) is 96.6 Å². The maximum absolute atomic E-state index is 11.7. The van der Waals surface area contributed by atoms with Crippen molar-refractivity contribution in [2.75, 3.05) is 6.54 Å². The molecule has 7 heteroatoms. The molecular weight excluding hydrogens is 272 g/mol. The lowest BCUT2D eigenvalue weighted by molar-refractivity contribution is -0.120. The molecule has 2 heterocycles. The lowest BCUT2D eigenvalue weighted by Crippen LogP contribution is -2.35. The molecule has 7 nitrogen and oxygen atoms in total. The Morgan fingerprint density at radius 1 is 1.33 bits per heavy atom. The van der Waals surface area contributed by atoms with Crippen LogP contribution >= 0.6 is 0 Å². The average molecular weight is 286 g/mol. The number of carbonyl (C=O) groups is 2. The number of amides is 2. The fourth-order valence-electron chi connectivity index (χ4n) is 1.48. The Morgan fingerprint density at radius 3 is 2.86 bits per heavy atom. The van der Waals surface area contributed by atoms with Crippen LogP contribution in [0, 0.1) is 0 Å². The summed E-state index contributed by atoms with van der Waals surface area (Å²) in [6, 6.07) is 6.71. The minimum atomic E-state index is -0.432. The van der Waals surface area contributed by atoms with Crippen LogP contribution in [0.5, 0.6) is 0 Å². The van der Waals surface area contributed by atoms with Crippen LogP contribution in [-0.2, 0) is 4.79 Å². The van der Waals surface area contributed by atoms with E-state index < -0.39 is 5.91 Å². The highest BCUT2D eigenvalue weighted by molar-refractivity contribution is 5.98. The number of nitrogens with one attached hydrogen (secondary N) is 2. The molecule has 2 aromatic rings. The van der Waals surface area contributed by atoms with Gasteiger partial charge in [0.15, 0.2) is 0 Å². The Labute approximate surface area is 121 Å². The highest BCUT2D eigenvalue weighted by atomic mass is 16.3. The predicted molar refractivity (Wildman–Crippen MR) is 75.6 cm³/mol. The summed E-state index contributed by atoms with van der Waals surface area (Å²) in [6.45, 7) is 1.52. The highest BCUT2D eigenvalue weighted by Crippen LogP contribution is 2.00. The zero-order chi connectivity index (χ0) is 15.1. The largest absolute Gasteiger partial charge is 0.463 e. The van der Waals surface area contributed by atoms with E-state index in [0.717, 1.165) is 0 Å². The Balaban J connectivity index is 1.80. The molecule has 2 amide bonds. The summed E-state index contributed by atoms with van der Waals surface area (Å²) in [5.74, 6) is -0.238. The van der Waals surface area contributed by atoms with Crippen molar-refractivity contribution in [3.05, 3.63) is 54.2 Å². The molecule has 0 aliphatic rings. The van der Waals surface area contributed by atoms with Crippen LogP contribution in [0.1, 0.15) is 23.0 Å². The van der Waals surface area contributed by atoms with Gasteiger partial charge in [-0.1, -0.05) is 0 Å². The lowest BCUT2D eigenvalue weighted by Gasteiger charge is -2.04. The van der Waals surface area contributed by atoms with Gasteiger partial charge in [-0.15, -0.1) is 0 Å². The van der Waals surface area contributed by atoms with Gasteiger partial charge in [0, 0.05) is 12.4 Å². The summed E-state index contributed by atoms with van der Waals surface area (Å²) in [5.41, 5.74) is 3.26. The van der Waals surface area contributed by atoms with Crippen molar-refractivity contribution in [1.82, 2.24) is 15.7 Å². The minimum Gasteiger partial charge on any atom is -0.463 e. The molecule has 21 heavy (non-hydrogen) atoms. The summed E-state index contributed by atoms with van der Waals surface area (Å²) in [6.07, 6.45) is 4.51. The van der Waals surface area contributed by atoms with Crippen LogP contribution in [-0.4, -0.2) is 29.1 Å². The van der Waals surface area contributed by atoms with Gasteiger partial charge in [-0.3, -0.25) is 14.6 Å². The molecule has 0 saturated carbocycles. The van der Waals surface area contributed by atoms with Gasteiger partial charge < -0.3 is 9.73 Å². The van der Waals surface area contributed by atoms with Crippen LogP contribution in [0.4, 0.5) is 0 Å². The van der Waals surface area contributed by atoms with Crippen molar-refractivity contribution in [1.29, 1.82) is 0 Å². The van der Waals surface area contributed by atoms with E-state index in [2.05, 4.69) is 20.8 Å². The van der Waals surface area contributed by atoms with Crippen molar-refractivity contribution >= 4 is 17.5 Å². The minimum absolute atomic E-state index is 0.178. The van der Waals surface area contributed by atoms with Crippen molar-refractivity contribution in [2.45, 2.75) is 6.92 Å². The molecule has 0 unspecified atom stereocenters. The zero-order valence-electron chi connectivity index (χ0n) is 11.4. The third-order valence-corrected chi connectivity index (χ3v) is 2.56. The molecule has 2 aromatic heterocycles. The maximum Gasteiger partial charge on any atom is 0.259 e. The normalized spacial score (nSPS) is 11.0. The van der Waals surface area contributed by atoms with E-state index in [1.165, 1.54) is 12.5 Å². The molecule has 0 spiro atoms. The molecule has 0 atom stereocenters. The summed E-state index contributed by atoms with van der Waals surface area (Å²) >= 11 is 0. The van der Waals surface area contributed by atoms with Gasteiger partial charge in [0.05, 0.1) is 18.4 Å². The number of aromatic nitrogens is 1. The SMILES string of the molecule is CC(=NNC(=O)CNC(=O)c1cccnc1)c1ccco1. The van der Waals surface area contributed by atoms with E-state index in [0.29, 0.717) is 17.0 Å². The molecular formula is C14H14N4O3. The van der Waals surface area contributed by atoms with Crippen LogP contribution in [0.25, 0.3) is 0 Å². The molecule has 0 aromatic carbocycles. The first-order valence-electron chi connectivity index (χ1n) is 6.22. The van der Waals surface area contributed by atoms with Crippen LogP contribution in [0.15, 0.2) is 52.4 Å². The van der Waals surface area contributed by atoms with Crippen LogP contribution in [0.3, 0.4) is 0 Å².